The molecule has 0 aliphatic heterocycles. The van der Waals surface area contributed by atoms with Crippen molar-refractivity contribution >= 4 is 28.8 Å². The van der Waals surface area contributed by atoms with Gasteiger partial charge in [-0.3, -0.25) is 9.78 Å². The van der Waals surface area contributed by atoms with Gasteiger partial charge in [-0.15, -0.1) is 10.2 Å². The summed E-state index contributed by atoms with van der Waals surface area (Å²) in [5, 5.41) is 10.2. The normalized spacial score (nSPS) is 10.2. The highest BCUT2D eigenvalue weighted by atomic mass is 35.5. The lowest BCUT2D eigenvalue weighted by Crippen LogP contribution is -2.23. The molecule has 0 atom stereocenters. The second-order valence-electron chi connectivity index (χ2n) is 3.31. The molecule has 1 N–H and O–H groups in total. The van der Waals surface area contributed by atoms with E-state index in [9.17, 15) is 4.79 Å². The Morgan fingerprint density at radius 1 is 1.47 bits per heavy atom. The Labute approximate surface area is 107 Å². The highest BCUT2D eigenvalue weighted by molar-refractivity contribution is 7.17. The quantitative estimate of drug-likeness (QED) is 0.922. The number of aryl methyl sites for hydroxylation is 1. The van der Waals surface area contributed by atoms with Crippen LogP contribution in [0.3, 0.4) is 0 Å². The number of amides is 1. The maximum Gasteiger partial charge on any atom is 0.282 e. The summed E-state index contributed by atoms with van der Waals surface area (Å²) in [5.41, 5.74) is 1.71. The second kappa shape index (κ2) is 5.20. The number of carbonyl (C=O) groups is 1. The molecule has 0 saturated carbocycles. The Hall–Kier alpha value is -1.53. The van der Waals surface area contributed by atoms with Crippen LogP contribution in [0.4, 0.5) is 0 Å². The molecule has 0 radical (unpaired) electrons. The van der Waals surface area contributed by atoms with Crippen LogP contribution in [0, 0.1) is 6.92 Å². The van der Waals surface area contributed by atoms with Gasteiger partial charge in [0.15, 0.2) is 0 Å². The van der Waals surface area contributed by atoms with Gasteiger partial charge in [0, 0.05) is 5.69 Å². The molecule has 0 spiro atoms. The molecular weight excluding hydrogens is 260 g/mol. The summed E-state index contributed by atoms with van der Waals surface area (Å²) in [5.74, 6) is -0.294. The summed E-state index contributed by atoms with van der Waals surface area (Å²) < 4.78 is 0.254. The van der Waals surface area contributed by atoms with Crippen molar-refractivity contribution in [1.82, 2.24) is 20.5 Å². The van der Waals surface area contributed by atoms with E-state index in [4.69, 9.17) is 11.6 Å². The van der Waals surface area contributed by atoms with Crippen LogP contribution in [-0.2, 0) is 6.54 Å². The Morgan fingerprint density at radius 2 is 2.29 bits per heavy atom. The van der Waals surface area contributed by atoms with E-state index in [0.29, 0.717) is 6.54 Å². The van der Waals surface area contributed by atoms with Crippen molar-refractivity contribution in [3.8, 4) is 0 Å². The lowest BCUT2D eigenvalue weighted by molar-refractivity contribution is 0.0949. The molecule has 88 valence electrons. The zero-order chi connectivity index (χ0) is 12.3. The first-order chi connectivity index (χ1) is 8.15. The number of nitrogens with zero attached hydrogens (tertiary/aromatic N) is 3. The minimum atomic E-state index is -0.294. The van der Waals surface area contributed by atoms with Gasteiger partial charge in [0.25, 0.3) is 5.91 Å². The molecular formula is C10H9ClN4OS. The van der Waals surface area contributed by atoms with Crippen molar-refractivity contribution in [2.24, 2.45) is 0 Å². The van der Waals surface area contributed by atoms with Crippen LogP contribution >= 0.6 is 22.9 Å². The minimum Gasteiger partial charge on any atom is -0.344 e. The van der Waals surface area contributed by atoms with Crippen molar-refractivity contribution in [1.29, 1.82) is 0 Å². The first kappa shape index (κ1) is 11.9. The fourth-order valence-electron chi connectivity index (χ4n) is 1.24. The van der Waals surface area contributed by atoms with Gasteiger partial charge < -0.3 is 5.32 Å². The standard InChI is InChI=1S/C10H9ClN4OS/c1-6-3-2-4-7(13-6)5-12-8(16)9-14-15-10(11)17-9/h2-4H,5H2,1H3,(H,12,16). The average Bonchev–Trinajstić information content (AvgIpc) is 2.73. The van der Waals surface area contributed by atoms with E-state index in [2.05, 4.69) is 20.5 Å². The summed E-state index contributed by atoms with van der Waals surface area (Å²) in [4.78, 5) is 15.9. The highest BCUT2D eigenvalue weighted by Crippen LogP contribution is 2.14. The maximum absolute atomic E-state index is 11.6. The molecule has 0 fully saturated rings. The molecule has 2 heterocycles. The van der Waals surface area contributed by atoms with Gasteiger partial charge >= 0.3 is 0 Å². The summed E-state index contributed by atoms with van der Waals surface area (Å²) in [6, 6.07) is 5.64. The van der Waals surface area contributed by atoms with Crippen molar-refractivity contribution in [2.75, 3.05) is 0 Å². The Morgan fingerprint density at radius 3 is 2.94 bits per heavy atom. The van der Waals surface area contributed by atoms with Crippen LogP contribution in [0.5, 0.6) is 0 Å². The molecule has 17 heavy (non-hydrogen) atoms. The molecule has 1 amide bonds. The second-order valence-corrected chi connectivity index (χ2v) is 4.87. The van der Waals surface area contributed by atoms with Crippen LogP contribution < -0.4 is 5.32 Å². The van der Waals surface area contributed by atoms with E-state index in [-0.39, 0.29) is 15.4 Å². The van der Waals surface area contributed by atoms with Crippen molar-refractivity contribution in [3.63, 3.8) is 0 Å². The number of rotatable bonds is 3. The van der Waals surface area contributed by atoms with Gasteiger partial charge in [-0.05, 0) is 30.7 Å². The number of aromatic nitrogens is 3. The van der Waals surface area contributed by atoms with E-state index < -0.39 is 0 Å². The topological polar surface area (TPSA) is 67.8 Å². The van der Waals surface area contributed by atoms with Crippen molar-refractivity contribution in [3.05, 3.63) is 39.1 Å². The fraction of sp³-hybridized carbons (Fsp3) is 0.200. The Kier molecular flexibility index (Phi) is 3.65. The first-order valence-electron chi connectivity index (χ1n) is 4.85. The molecule has 2 aromatic heterocycles. The summed E-state index contributed by atoms with van der Waals surface area (Å²) in [6.07, 6.45) is 0. The van der Waals surface area contributed by atoms with E-state index in [0.717, 1.165) is 22.7 Å². The predicted molar refractivity (Wildman–Crippen MR) is 65.1 cm³/mol. The highest BCUT2D eigenvalue weighted by Gasteiger charge is 2.11. The smallest absolute Gasteiger partial charge is 0.282 e. The lowest BCUT2D eigenvalue weighted by Gasteiger charge is -2.02. The lowest BCUT2D eigenvalue weighted by atomic mass is 10.3. The van der Waals surface area contributed by atoms with Gasteiger partial charge in [-0.1, -0.05) is 17.4 Å². The first-order valence-corrected chi connectivity index (χ1v) is 6.04. The van der Waals surface area contributed by atoms with E-state index in [1.165, 1.54) is 0 Å². The molecule has 5 nitrogen and oxygen atoms in total. The zero-order valence-electron chi connectivity index (χ0n) is 8.98. The Bertz CT molecular complexity index is 543. The molecule has 0 aliphatic carbocycles. The molecule has 0 aromatic carbocycles. The summed E-state index contributed by atoms with van der Waals surface area (Å²) in [7, 11) is 0. The number of hydrogen-bond donors (Lipinski definition) is 1. The van der Waals surface area contributed by atoms with E-state index in [1.54, 1.807) is 0 Å². The molecule has 0 unspecified atom stereocenters. The largest absolute Gasteiger partial charge is 0.344 e. The van der Waals surface area contributed by atoms with Crippen LogP contribution in [0.25, 0.3) is 0 Å². The summed E-state index contributed by atoms with van der Waals surface area (Å²) in [6.45, 7) is 2.26. The monoisotopic (exact) mass is 268 g/mol. The molecule has 0 saturated heterocycles. The van der Waals surface area contributed by atoms with Gasteiger partial charge in [-0.2, -0.15) is 0 Å². The maximum atomic E-state index is 11.6. The Balaban J connectivity index is 1.97. The third-order valence-corrected chi connectivity index (χ3v) is 2.99. The van der Waals surface area contributed by atoms with Crippen LogP contribution in [0.1, 0.15) is 21.2 Å². The minimum absolute atomic E-state index is 0.252. The molecule has 0 bridgehead atoms. The summed E-state index contributed by atoms with van der Waals surface area (Å²) >= 11 is 6.64. The number of carbonyl (C=O) groups excluding carboxylic acids is 1. The van der Waals surface area contributed by atoms with Crippen LogP contribution in [0.15, 0.2) is 18.2 Å². The predicted octanol–water partition coefficient (Wildman–Crippen LogP) is 1.82. The molecule has 7 heteroatoms. The molecule has 0 aliphatic rings. The fourth-order valence-corrected chi connectivity index (χ4v) is 1.99. The average molecular weight is 269 g/mol. The molecule has 2 aromatic rings. The van der Waals surface area contributed by atoms with Gasteiger partial charge in [-0.25, -0.2) is 0 Å². The zero-order valence-corrected chi connectivity index (χ0v) is 10.5. The number of halogens is 1. The van der Waals surface area contributed by atoms with E-state index >= 15 is 0 Å². The number of pyridine rings is 1. The van der Waals surface area contributed by atoms with Gasteiger partial charge in [0.2, 0.25) is 9.47 Å². The number of nitrogens with one attached hydrogen (secondary N) is 1. The van der Waals surface area contributed by atoms with Crippen molar-refractivity contribution < 1.29 is 4.79 Å². The van der Waals surface area contributed by atoms with Crippen LogP contribution in [-0.4, -0.2) is 21.1 Å². The van der Waals surface area contributed by atoms with E-state index in [1.807, 2.05) is 25.1 Å². The van der Waals surface area contributed by atoms with Gasteiger partial charge in [0.05, 0.1) is 12.2 Å². The van der Waals surface area contributed by atoms with Crippen molar-refractivity contribution in [2.45, 2.75) is 13.5 Å². The van der Waals surface area contributed by atoms with Gasteiger partial charge in [0.1, 0.15) is 0 Å². The molecule has 2 rings (SSSR count). The number of hydrogen-bond acceptors (Lipinski definition) is 5. The van der Waals surface area contributed by atoms with Crippen LogP contribution in [0.2, 0.25) is 4.47 Å². The third-order valence-electron chi connectivity index (χ3n) is 1.97. The SMILES string of the molecule is Cc1cccc(CNC(=O)c2nnc(Cl)s2)n1. The third kappa shape index (κ3) is 3.21.